The summed E-state index contributed by atoms with van der Waals surface area (Å²) in [4.78, 5) is 17.6. The topological polar surface area (TPSA) is 69.0 Å². The van der Waals surface area contributed by atoms with Crippen LogP contribution >= 0.6 is 11.3 Å². The number of carbonyl (C=O) groups is 1. The van der Waals surface area contributed by atoms with Gasteiger partial charge < -0.3 is 10.1 Å². The number of thiophene rings is 1. The number of esters is 1. The maximum absolute atomic E-state index is 12.4. The maximum Gasteiger partial charge on any atom is 0.338 e. The van der Waals surface area contributed by atoms with E-state index in [0.717, 1.165) is 10.6 Å². The third kappa shape index (κ3) is 2.36. The molecule has 0 bridgehead atoms. The number of hydrogen-bond acceptors (Lipinski definition) is 6. The molecular weight excluding hydrogens is 288 g/mol. The molecule has 0 spiro atoms. The molecule has 0 fully saturated rings. The molecule has 3 rings (SSSR count). The van der Waals surface area contributed by atoms with Crippen molar-refractivity contribution in [2.75, 3.05) is 11.9 Å². The van der Waals surface area contributed by atoms with Crippen molar-refractivity contribution in [3.8, 4) is 0 Å². The summed E-state index contributed by atoms with van der Waals surface area (Å²) < 4.78 is 6.91. The fraction of sp³-hybridized carbons (Fsp3) is 0.214. The molecule has 1 aliphatic heterocycles. The quantitative estimate of drug-likeness (QED) is 0.693. The van der Waals surface area contributed by atoms with Crippen molar-refractivity contribution in [2.45, 2.75) is 13.0 Å². The molecule has 1 N–H and O–H groups in total. The van der Waals surface area contributed by atoms with Gasteiger partial charge in [0.1, 0.15) is 19.0 Å². The Morgan fingerprint density at radius 2 is 2.52 bits per heavy atom. The van der Waals surface area contributed by atoms with Crippen molar-refractivity contribution in [3.63, 3.8) is 0 Å². The van der Waals surface area contributed by atoms with E-state index >= 15 is 0 Å². The summed E-state index contributed by atoms with van der Waals surface area (Å²) in [7, 11) is 0. The van der Waals surface area contributed by atoms with Crippen LogP contribution in [0.1, 0.15) is 17.8 Å². The number of hydrogen-bond donors (Lipinski definition) is 1. The van der Waals surface area contributed by atoms with Gasteiger partial charge in [0, 0.05) is 10.6 Å². The van der Waals surface area contributed by atoms with Gasteiger partial charge in [-0.25, -0.2) is 9.48 Å². The molecule has 1 aliphatic rings. The second-order valence-corrected chi connectivity index (χ2v) is 5.48. The van der Waals surface area contributed by atoms with Crippen molar-refractivity contribution in [2.24, 2.45) is 0 Å². The van der Waals surface area contributed by atoms with Gasteiger partial charge in [-0.1, -0.05) is 18.7 Å². The fourth-order valence-corrected chi connectivity index (χ4v) is 3.10. The Bertz CT molecular complexity index is 702. The van der Waals surface area contributed by atoms with Crippen LogP contribution < -0.4 is 5.32 Å². The fourth-order valence-electron chi connectivity index (χ4n) is 2.28. The first-order chi connectivity index (χ1) is 10.2. The number of anilines is 1. The summed E-state index contributed by atoms with van der Waals surface area (Å²) in [6.07, 6.45) is 3.01. The lowest BCUT2D eigenvalue weighted by Gasteiger charge is -2.27. The number of ether oxygens (including phenoxy) is 1. The minimum Gasteiger partial charge on any atom is -0.458 e. The monoisotopic (exact) mass is 302 g/mol. The van der Waals surface area contributed by atoms with Crippen LogP contribution in [0.2, 0.25) is 0 Å². The molecule has 0 aliphatic carbocycles. The number of aromatic nitrogens is 3. The lowest BCUT2D eigenvalue weighted by molar-refractivity contribution is -0.138. The van der Waals surface area contributed by atoms with Crippen molar-refractivity contribution >= 4 is 23.3 Å². The van der Waals surface area contributed by atoms with E-state index in [2.05, 4.69) is 22.0 Å². The third-order valence-electron chi connectivity index (χ3n) is 3.16. The van der Waals surface area contributed by atoms with E-state index in [-0.39, 0.29) is 18.6 Å². The second-order valence-electron chi connectivity index (χ2n) is 4.50. The summed E-state index contributed by atoms with van der Waals surface area (Å²) in [5, 5.41) is 9.28. The number of nitrogens with one attached hydrogen (secondary N) is 1. The molecule has 1 atom stereocenters. The maximum atomic E-state index is 12.4. The predicted octanol–water partition coefficient (Wildman–Crippen LogP) is 2.36. The van der Waals surface area contributed by atoms with E-state index < -0.39 is 0 Å². The zero-order chi connectivity index (χ0) is 14.8. The van der Waals surface area contributed by atoms with Crippen molar-refractivity contribution in [1.29, 1.82) is 0 Å². The Hall–Kier alpha value is -2.41. The SMILES string of the molecule is C=CCOC(=O)C1=C(C)Nc2ncnn2[C@@H]1c1cccs1. The summed E-state index contributed by atoms with van der Waals surface area (Å²) in [6, 6.07) is 3.60. The van der Waals surface area contributed by atoms with Crippen LogP contribution in [0, 0.1) is 0 Å². The highest BCUT2D eigenvalue weighted by Crippen LogP contribution is 2.36. The average Bonchev–Trinajstić information content (AvgIpc) is 3.13. The second kappa shape index (κ2) is 5.53. The van der Waals surface area contributed by atoms with Crippen LogP contribution in [-0.4, -0.2) is 27.3 Å². The number of carbonyl (C=O) groups excluding carboxylic acids is 1. The molecule has 0 saturated heterocycles. The zero-order valence-corrected chi connectivity index (χ0v) is 12.3. The highest BCUT2D eigenvalue weighted by atomic mass is 32.1. The lowest BCUT2D eigenvalue weighted by atomic mass is 10.0. The van der Waals surface area contributed by atoms with Gasteiger partial charge in [-0.3, -0.25) is 0 Å². The van der Waals surface area contributed by atoms with Gasteiger partial charge in [0.15, 0.2) is 0 Å². The molecule has 2 aromatic heterocycles. The van der Waals surface area contributed by atoms with E-state index in [9.17, 15) is 4.79 Å². The van der Waals surface area contributed by atoms with Crippen molar-refractivity contribution < 1.29 is 9.53 Å². The molecule has 0 saturated carbocycles. The first kappa shape index (κ1) is 13.6. The van der Waals surface area contributed by atoms with Crippen LogP contribution in [0.5, 0.6) is 0 Å². The summed E-state index contributed by atoms with van der Waals surface area (Å²) in [5.41, 5.74) is 1.26. The predicted molar refractivity (Wildman–Crippen MR) is 80.0 cm³/mol. The number of nitrogens with zero attached hydrogens (tertiary/aromatic N) is 3. The first-order valence-electron chi connectivity index (χ1n) is 6.41. The van der Waals surface area contributed by atoms with Gasteiger partial charge in [0.2, 0.25) is 5.95 Å². The smallest absolute Gasteiger partial charge is 0.338 e. The standard InChI is InChI=1S/C14H14N4O2S/c1-3-6-20-13(19)11-9(2)17-14-15-8-16-18(14)12(11)10-5-4-7-21-10/h3-5,7-8,12H,1,6H2,2H3,(H,15,16,17)/t12-/m1/s1. The van der Waals surface area contributed by atoms with Crippen molar-refractivity contribution in [1.82, 2.24) is 14.8 Å². The molecule has 108 valence electrons. The van der Waals surface area contributed by atoms with Gasteiger partial charge in [-0.2, -0.15) is 10.1 Å². The highest BCUT2D eigenvalue weighted by Gasteiger charge is 2.34. The van der Waals surface area contributed by atoms with E-state index in [1.54, 1.807) is 22.1 Å². The van der Waals surface area contributed by atoms with Crippen LogP contribution in [0.4, 0.5) is 5.95 Å². The minimum atomic E-state index is -0.376. The summed E-state index contributed by atoms with van der Waals surface area (Å²) in [5.74, 6) is 0.241. The molecular formula is C14H14N4O2S. The molecule has 0 radical (unpaired) electrons. The molecule has 6 nitrogen and oxygen atoms in total. The van der Waals surface area contributed by atoms with E-state index in [1.807, 2.05) is 24.4 Å². The number of rotatable bonds is 4. The molecule has 7 heteroatoms. The largest absolute Gasteiger partial charge is 0.458 e. The molecule has 3 heterocycles. The Kier molecular flexibility index (Phi) is 3.57. The first-order valence-corrected chi connectivity index (χ1v) is 7.29. The van der Waals surface area contributed by atoms with Gasteiger partial charge in [-0.05, 0) is 18.4 Å². The zero-order valence-electron chi connectivity index (χ0n) is 11.4. The van der Waals surface area contributed by atoms with E-state index in [1.165, 1.54) is 6.33 Å². The Labute approximate surface area is 125 Å². The molecule has 21 heavy (non-hydrogen) atoms. The van der Waals surface area contributed by atoms with Crippen LogP contribution in [0.15, 0.2) is 47.8 Å². The van der Waals surface area contributed by atoms with E-state index in [4.69, 9.17) is 4.74 Å². The molecule has 0 amide bonds. The Morgan fingerprint density at radius 1 is 1.67 bits per heavy atom. The minimum absolute atomic E-state index is 0.178. The summed E-state index contributed by atoms with van der Waals surface area (Å²) in [6.45, 7) is 5.57. The van der Waals surface area contributed by atoms with Crippen LogP contribution in [0.25, 0.3) is 0 Å². The number of allylic oxidation sites excluding steroid dienone is 1. The number of fused-ring (bicyclic) bond motifs is 1. The molecule has 2 aromatic rings. The van der Waals surface area contributed by atoms with Crippen molar-refractivity contribution in [3.05, 3.63) is 52.6 Å². The third-order valence-corrected chi connectivity index (χ3v) is 4.08. The van der Waals surface area contributed by atoms with Gasteiger partial charge >= 0.3 is 5.97 Å². The molecule has 0 unspecified atom stereocenters. The highest BCUT2D eigenvalue weighted by molar-refractivity contribution is 7.10. The normalized spacial score (nSPS) is 17.1. The Morgan fingerprint density at radius 3 is 3.24 bits per heavy atom. The van der Waals surface area contributed by atoms with Crippen LogP contribution in [-0.2, 0) is 9.53 Å². The lowest BCUT2D eigenvalue weighted by Crippen LogP contribution is -2.29. The van der Waals surface area contributed by atoms with E-state index in [0.29, 0.717) is 11.5 Å². The van der Waals surface area contributed by atoms with Crippen LogP contribution in [0.3, 0.4) is 0 Å². The van der Waals surface area contributed by atoms with Gasteiger partial charge in [0.05, 0.1) is 5.57 Å². The average molecular weight is 302 g/mol. The summed E-state index contributed by atoms with van der Waals surface area (Å²) >= 11 is 1.56. The molecule has 0 aromatic carbocycles. The Balaban J connectivity index is 2.06. The van der Waals surface area contributed by atoms with Gasteiger partial charge in [-0.15, -0.1) is 11.3 Å². The van der Waals surface area contributed by atoms with Gasteiger partial charge in [0.25, 0.3) is 0 Å².